The van der Waals surface area contributed by atoms with Crippen molar-refractivity contribution < 1.29 is 19.4 Å². The van der Waals surface area contributed by atoms with Crippen molar-refractivity contribution in [3.8, 4) is 0 Å². The lowest BCUT2D eigenvalue weighted by Crippen LogP contribution is -2.63. The van der Waals surface area contributed by atoms with Gasteiger partial charge in [0, 0.05) is 11.5 Å². The Balaban J connectivity index is 1.41. The summed E-state index contributed by atoms with van der Waals surface area (Å²) in [6, 6.07) is 3.38. The molecule has 5 rings (SSSR count). The molecule has 33 heavy (non-hydrogen) atoms. The quantitative estimate of drug-likeness (QED) is 0.624. The van der Waals surface area contributed by atoms with Gasteiger partial charge in [-0.05, 0) is 111 Å². The zero-order chi connectivity index (χ0) is 23.8. The molecule has 4 saturated carbocycles. The van der Waals surface area contributed by atoms with Gasteiger partial charge in [0.15, 0.2) is 0 Å². The van der Waals surface area contributed by atoms with Gasteiger partial charge in [-0.25, -0.2) is 4.79 Å². The van der Waals surface area contributed by atoms with Crippen LogP contribution in [0.25, 0.3) is 0 Å². The van der Waals surface area contributed by atoms with Crippen LogP contribution in [0.3, 0.4) is 0 Å². The molecule has 6 nitrogen and oxygen atoms in total. The van der Waals surface area contributed by atoms with Gasteiger partial charge in [0.25, 0.3) is 0 Å². The topological polar surface area (TPSA) is 114 Å². The van der Waals surface area contributed by atoms with E-state index in [-0.39, 0.29) is 34.2 Å². The Morgan fingerprint density at radius 3 is 2.52 bits per heavy atom. The van der Waals surface area contributed by atoms with Crippen LogP contribution < -0.4 is 11.4 Å². The second-order valence-corrected chi connectivity index (χ2v) is 12.4. The molecule has 9 atom stereocenters. The molecule has 4 aliphatic carbocycles. The number of hydrogen-bond donors (Lipinski definition) is 3. The van der Waals surface area contributed by atoms with E-state index in [0.717, 1.165) is 63.4 Å². The summed E-state index contributed by atoms with van der Waals surface area (Å²) in [4.78, 5) is 23.3. The molecule has 1 aromatic rings. The fourth-order valence-corrected chi connectivity index (χ4v) is 9.05. The largest absolute Gasteiger partial charge is 0.480 e. The smallest absolute Gasteiger partial charge is 0.335 e. The van der Waals surface area contributed by atoms with Gasteiger partial charge in [0.1, 0.15) is 5.54 Å². The lowest BCUT2D eigenvalue weighted by Gasteiger charge is -2.64. The van der Waals surface area contributed by atoms with Gasteiger partial charge in [-0.15, -0.1) is 0 Å². The summed E-state index contributed by atoms with van der Waals surface area (Å²) in [5.41, 5.74) is 4.96. The third-order valence-corrected chi connectivity index (χ3v) is 11.3. The highest BCUT2D eigenvalue weighted by Crippen LogP contribution is 2.70. The number of rotatable bonds is 3. The molecular weight excluding hydrogens is 418 g/mol. The van der Waals surface area contributed by atoms with E-state index in [9.17, 15) is 19.8 Å². The summed E-state index contributed by atoms with van der Waals surface area (Å²) in [5, 5.41) is 22.0. The van der Waals surface area contributed by atoms with E-state index < -0.39 is 17.1 Å². The van der Waals surface area contributed by atoms with Gasteiger partial charge >= 0.3 is 11.6 Å². The molecule has 1 heterocycles. The Bertz CT molecular complexity index is 982. The van der Waals surface area contributed by atoms with E-state index in [1.165, 1.54) is 6.07 Å². The second-order valence-electron chi connectivity index (χ2n) is 12.4. The van der Waals surface area contributed by atoms with Crippen molar-refractivity contribution in [3.05, 3.63) is 34.4 Å². The first-order chi connectivity index (χ1) is 15.4. The summed E-state index contributed by atoms with van der Waals surface area (Å²) in [7, 11) is 0. The van der Waals surface area contributed by atoms with Gasteiger partial charge in [-0.2, -0.15) is 0 Å². The van der Waals surface area contributed by atoms with Crippen molar-refractivity contribution in [1.29, 1.82) is 0 Å². The maximum Gasteiger partial charge on any atom is 0.335 e. The van der Waals surface area contributed by atoms with Crippen LogP contribution in [0.4, 0.5) is 0 Å². The van der Waals surface area contributed by atoms with Crippen molar-refractivity contribution in [2.45, 2.75) is 95.6 Å². The van der Waals surface area contributed by atoms with Crippen molar-refractivity contribution >= 4 is 5.97 Å². The van der Waals surface area contributed by atoms with Crippen LogP contribution in [0.15, 0.2) is 27.6 Å². The van der Waals surface area contributed by atoms with Gasteiger partial charge in [-0.1, -0.05) is 13.8 Å². The van der Waals surface area contributed by atoms with E-state index in [2.05, 4.69) is 13.8 Å². The minimum absolute atomic E-state index is 0.00478. The van der Waals surface area contributed by atoms with Gasteiger partial charge in [0.05, 0.1) is 11.9 Å². The average molecular weight is 458 g/mol. The average Bonchev–Trinajstić information content (AvgIpc) is 3.05. The van der Waals surface area contributed by atoms with Crippen LogP contribution in [0.1, 0.15) is 90.0 Å². The fraction of sp³-hybridized carbons (Fsp3) is 0.778. The summed E-state index contributed by atoms with van der Waals surface area (Å²) in [6.07, 6.45) is 10.1. The summed E-state index contributed by atoms with van der Waals surface area (Å²) < 4.78 is 5.19. The minimum atomic E-state index is -1.18. The van der Waals surface area contributed by atoms with Crippen LogP contribution >= 0.6 is 0 Å². The molecule has 2 unspecified atom stereocenters. The molecule has 0 amide bonds. The van der Waals surface area contributed by atoms with Crippen LogP contribution in [0, 0.1) is 34.5 Å². The second kappa shape index (κ2) is 7.42. The van der Waals surface area contributed by atoms with Gasteiger partial charge in [0.2, 0.25) is 0 Å². The lowest BCUT2D eigenvalue weighted by atomic mass is 9.42. The van der Waals surface area contributed by atoms with E-state index in [0.29, 0.717) is 11.8 Å². The predicted molar refractivity (Wildman–Crippen MR) is 125 cm³/mol. The van der Waals surface area contributed by atoms with Crippen LogP contribution in [-0.4, -0.2) is 27.3 Å². The highest BCUT2D eigenvalue weighted by atomic mass is 16.4. The van der Waals surface area contributed by atoms with Crippen LogP contribution in [0.2, 0.25) is 0 Å². The molecule has 6 heteroatoms. The molecule has 4 fully saturated rings. The maximum atomic E-state index is 12.3. The van der Waals surface area contributed by atoms with E-state index in [1.807, 2.05) is 6.07 Å². The SMILES string of the molecule is CC(N)(C(=O)O)[C@H]1CC[C@@]2(C)[C@H](CC[C@@H]3[C@@H]2CCC2(C)[C@@H](c4ccc(=O)oc4)CC[C@]32O)C1. The molecule has 0 aromatic carbocycles. The number of nitrogens with two attached hydrogens (primary N) is 1. The maximum absolute atomic E-state index is 12.3. The molecule has 0 bridgehead atoms. The molecule has 1 aromatic heterocycles. The number of aliphatic hydroxyl groups is 1. The van der Waals surface area contributed by atoms with Crippen molar-refractivity contribution in [2.75, 3.05) is 0 Å². The highest BCUT2D eigenvalue weighted by Gasteiger charge is 2.67. The normalized spacial score (nSPS) is 46.5. The molecule has 0 spiro atoms. The molecule has 0 saturated heterocycles. The molecule has 4 N–H and O–H groups in total. The molecule has 0 aliphatic heterocycles. The minimum Gasteiger partial charge on any atom is -0.480 e. The monoisotopic (exact) mass is 457 g/mol. The number of carboxylic acids is 1. The van der Waals surface area contributed by atoms with Crippen LogP contribution in [-0.2, 0) is 4.79 Å². The molecule has 4 aliphatic rings. The predicted octanol–water partition coefficient (Wildman–Crippen LogP) is 4.30. The molecule has 182 valence electrons. The Morgan fingerprint density at radius 2 is 1.85 bits per heavy atom. The highest BCUT2D eigenvalue weighted by molar-refractivity contribution is 5.78. The zero-order valence-corrected chi connectivity index (χ0v) is 20.2. The molecular formula is C27H39NO5. The van der Waals surface area contributed by atoms with Crippen molar-refractivity contribution in [3.63, 3.8) is 0 Å². The van der Waals surface area contributed by atoms with Gasteiger partial charge in [-0.3, -0.25) is 4.79 Å². The van der Waals surface area contributed by atoms with E-state index in [1.54, 1.807) is 13.2 Å². The molecule has 0 radical (unpaired) electrons. The number of fused-ring (bicyclic) bond motifs is 5. The first kappa shape index (κ1) is 23.1. The number of carbonyl (C=O) groups is 1. The first-order valence-electron chi connectivity index (χ1n) is 12.8. The zero-order valence-electron chi connectivity index (χ0n) is 20.2. The van der Waals surface area contributed by atoms with Gasteiger partial charge < -0.3 is 20.4 Å². The first-order valence-corrected chi connectivity index (χ1v) is 12.8. The summed E-state index contributed by atoms with van der Waals surface area (Å²) in [6.45, 7) is 6.33. The summed E-state index contributed by atoms with van der Waals surface area (Å²) >= 11 is 0. The number of aliphatic carboxylic acids is 1. The third-order valence-electron chi connectivity index (χ3n) is 11.3. The Hall–Kier alpha value is -1.66. The number of hydrogen-bond acceptors (Lipinski definition) is 5. The van der Waals surface area contributed by atoms with Crippen molar-refractivity contribution in [2.24, 2.45) is 40.2 Å². The third kappa shape index (κ3) is 3.12. The van der Waals surface area contributed by atoms with E-state index >= 15 is 0 Å². The fourth-order valence-electron chi connectivity index (χ4n) is 9.05. The number of carboxylic acid groups (broad SMARTS) is 1. The van der Waals surface area contributed by atoms with E-state index in [4.69, 9.17) is 10.2 Å². The Kier molecular flexibility index (Phi) is 5.19. The summed E-state index contributed by atoms with van der Waals surface area (Å²) in [5.74, 6) is 0.484. The van der Waals surface area contributed by atoms with Crippen molar-refractivity contribution in [1.82, 2.24) is 0 Å². The standard InChI is InChI=1S/C27H39NO5/c1-24-11-8-18(26(3,28)23(30)31)14-17(24)5-6-21-20(24)9-12-25(2)19(10-13-27(21,25)32)16-4-7-22(29)33-15-16/h4,7,15,17-21,32H,5-6,8-14,28H2,1-3H3,(H,30,31)/t17-,18+,19-,20+,21-,24+,25?,26?,27+/m1/s1. The lowest BCUT2D eigenvalue weighted by molar-refractivity contribution is -0.204. The van der Waals surface area contributed by atoms with Crippen LogP contribution in [0.5, 0.6) is 0 Å². The Morgan fingerprint density at radius 1 is 1.09 bits per heavy atom. The Labute approximate surface area is 195 Å².